The Morgan fingerprint density at radius 2 is 1.81 bits per heavy atom. The van der Waals surface area contributed by atoms with E-state index in [4.69, 9.17) is 0 Å². The van der Waals surface area contributed by atoms with Crippen LogP contribution in [-0.2, 0) is 0 Å². The fourth-order valence-corrected chi connectivity index (χ4v) is 4.56. The summed E-state index contributed by atoms with van der Waals surface area (Å²) in [6.45, 7) is 3.86. The highest BCUT2D eigenvalue weighted by molar-refractivity contribution is 9.10. The molecule has 1 aliphatic rings. The van der Waals surface area contributed by atoms with Crippen LogP contribution in [0, 0.1) is 11.8 Å². The first-order valence-electron chi connectivity index (χ1n) is 8.52. The molecule has 1 aliphatic carbocycles. The lowest BCUT2D eigenvalue weighted by atomic mass is 9.90. The molecule has 0 atom stereocenters. The number of fused-ring (bicyclic) bond motifs is 2. The molecule has 0 amide bonds. The number of benzene rings is 2. The molecule has 27 heavy (non-hydrogen) atoms. The largest absolute Gasteiger partial charge is 0.293 e. The zero-order valence-corrected chi connectivity index (χ0v) is 17.1. The maximum atomic E-state index is 12.8. The SMILES string of the molecule is CC(C)C(=NNc1nc2ccc(Br)cc2s1)C1C(=O)c2ccccc2C1=O. The molecule has 136 valence electrons. The summed E-state index contributed by atoms with van der Waals surface area (Å²) in [6.07, 6.45) is 0. The fourth-order valence-electron chi connectivity index (χ4n) is 3.20. The van der Waals surface area contributed by atoms with Crippen LogP contribution in [0.5, 0.6) is 0 Å². The van der Waals surface area contributed by atoms with E-state index < -0.39 is 5.92 Å². The number of anilines is 1. The average molecular weight is 442 g/mol. The molecule has 2 aromatic carbocycles. The summed E-state index contributed by atoms with van der Waals surface area (Å²) in [5.41, 5.74) is 5.31. The van der Waals surface area contributed by atoms with E-state index in [1.807, 2.05) is 32.0 Å². The van der Waals surface area contributed by atoms with Crippen molar-refractivity contribution < 1.29 is 9.59 Å². The van der Waals surface area contributed by atoms with Gasteiger partial charge in [0.05, 0.1) is 15.9 Å². The number of nitrogens with one attached hydrogen (secondary N) is 1. The molecule has 0 unspecified atom stereocenters. The standard InChI is InChI=1S/C20H16BrN3O2S/c1-10(2)17(16-18(25)12-5-3-4-6-13(12)19(16)26)23-24-20-22-14-8-7-11(21)9-15(14)27-20/h3-10,16H,1-2H3,(H,22,24). The highest BCUT2D eigenvalue weighted by Gasteiger charge is 2.42. The molecular weight excluding hydrogens is 426 g/mol. The van der Waals surface area contributed by atoms with Crippen molar-refractivity contribution in [2.24, 2.45) is 16.9 Å². The Morgan fingerprint density at radius 1 is 1.15 bits per heavy atom. The summed E-state index contributed by atoms with van der Waals surface area (Å²) < 4.78 is 2.00. The Kier molecular flexibility index (Phi) is 4.65. The van der Waals surface area contributed by atoms with Gasteiger partial charge in [0, 0.05) is 15.6 Å². The maximum absolute atomic E-state index is 12.8. The van der Waals surface area contributed by atoms with Crippen molar-refractivity contribution in [1.29, 1.82) is 0 Å². The molecule has 4 rings (SSSR count). The minimum absolute atomic E-state index is 0.0618. The predicted molar refractivity (Wildman–Crippen MR) is 112 cm³/mol. The van der Waals surface area contributed by atoms with E-state index >= 15 is 0 Å². The topological polar surface area (TPSA) is 71.4 Å². The first-order chi connectivity index (χ1) is 13.0. The van der Waals surface area contributed by atoms with Crippen molar-refractivity contribution in [3.63, 3.8) is 0 Å². The van der Waals surface area contributed by atoms with Gasteiger partial charge in [-0.3, -0.25) is 15.0 Å². The minimum atomic E-state index is -0.863. The van der Waals surface area contributed by atoms with E-state index in [0.717, 1.165) is 14.7 Å². The molecule has 1 aromatic heterocycles. The van der Waals surface area contributed by atoms with Crippen LogP contribution < -0.4 is 5.43 Å². The molecule has 1 N–H and O–H groups in total. The van der Waals surface area contributed by atoms with Crippen molar-refractivity contribution >= 4 is 59.9 Å². The molecule has 0 saturated heterocycles. The van der Waals surface area contributed by atoms with Crippen molar-refractivity contribution in [2.75, 3.05) is 5.43 Å². The first kappa shape index (κ1) is 18.0. The molecule has 1 heterocycles. The van der Waals surface area contributed by atoms with E-state index in [1.165, 1.54) is 11.3 Å². The van der Waals surface area contributed by atoms with Gasteiger partial charge in [-0.1, -0.05) is 65.4 Å². The first-order valence-corrected chi connectivity index (χ1v) is 10.1. The quantitative estimate of drug-likeness (QED) is 0.344. The Morgan fingerprint density at radius 3 is 2.44 bits per heavy atom. The second-order valence-corrected chi connectivity index (χ2v) is 8.59. The monoisotopic (exact) mass is 441 g/mol. The zero-order valence-electron chi connectivity index (χ0n) is 14.7. The highest BCUT2D eigenvalue weighted by atomic mass is 79.9. The van der Waals surface area contributed by atoms with Gasteiger partial charge in [-0.2, -0.15) is 5.10 Å². The second-order valence-electron chi connectivity index (χ2n) is 6.64. The van der Waals surface area contributed by atoms with Crippen LogP contribution in [0.15, 0.2) is 52.0 Å². The van der Waals surface area contributed by atoms with Crippen LogP contribution in [0.25, 0.3) is 10.2 Å². The van der Waals surface area contributed by atoms with Gasteiger partial charge in [-0.05, 0) is 24.1 Å². The Balaban J connectivity index is 1.66. The van der Waals surface area contributed by atoms with E-state index in [0.29, 0.717) is 22.0 Å². The van der Waals surface area contributed by atoms with Gasteiger partial charge < -0.3 is 0 Å². The molecule has 5 nitrogen and oxygen atoms in total. The lowest BCUT2D eigenvalue weighted by Crippen LogP contribution is -2.30. The van der Waals surface area contributed by atoms with E-state index in [1.54, 1.807) is 24.3 Å². The van der Waals surface area contributed by atoms with E-state index in [-0.39, 0.29) is 17.5 Å². The third-order valence-electron chi connectivity index (χ3n) is 4.50. The molecule has 0 bridgehead atoms. The highest BCUT2D eigenvalue weighted by Crippen LogP contribution is 2.31. The van der Waals surface area contributed by atoms with Crippen molar-refractivity contribution in [3.8, 4) is 0 Å². The number of aromatic nitrogens is 1. The molecule has 0 saturated carbocycles. The lowest BCUT2D eigenvalue weighted by Gasteiger charge is -2.14. The van der Waals surface area contributed by atoms with Gasteiger partial charge in [0.25, 0.3) is 0 Å². The number of carbonyl (C=O) groups excluding carboxylic acids is 2. The predicted octanol–water partition coefficient (Wildman–Crippen LogP) is 5.18. The molecule has 3 aromatic rings. The van der Waals surface area contributed by atoms with Gasteiger partial charge in [0.15, 0.2) is 11.6 Å². The summed E-state index contributed by atoms with van der Waals surface area (Å²) in [7, 11) is 0. The second kappa shape index (κ2) is 6.98. The minimum Gasteiger partial charge on any atom is -0.293 e. The zero-order chi connectivity index (χ0) is 19.1. The van der Waals surface area contributed by atoms with Crippen molar-refractivity contribution in [2.45, 2.75) is 13.8 Å². The van der Waals surface area contributed by atoms with Crippen LogP contribution in [-0.4, -0.2) is 22.3 Å². The van der Waals surface area contributed by atoms with Crippen molar-refractivity contribution in [1.82, 2.24) is 4.98 Å². The van der Waals surface area contributed by atoms with Crippen molar-refractivity contribution in [3.05, 3.63) is 58.1 Å². The Labute approximate surface area is 168 Å². The fraction of sp³-hybridized carbons (Fsp3) is 0.200. The number of thiazole rings is 1. The molecule has 0 spiro atoms. The molecular formula is C20H16BrN3O2S. The molecule has 0 aliphatic heterocycles. The lowest BCUT2D eigenvalue weighted by molar-refractivity contribution is 0.0881. The summed E-state index contributed by atoms with van der Waals surface area (Å²) in [5, 5.41) is 5.06. The number of halogens is 1. The molecule has 0 radical (unpaired) electrons. The Hall–Kier alpha value is -2.38. The van der Waals surface area contributed by atoms with Crippen LogP contribution >= 0.6 is 27.3 Å². The van der Waals surface area contributed by atoms with Gasteiger partial charge in [0.1, 0.15) is 5.92 Å². The number of nitrogens with zero attached hydrogens (tertiary/aromatic N) is 2. The summed E-state index contributed by atoms with van der Waals surface area (Å²) in [6, 6.07) is 12.8. The van der Waals surface area contributed by atoms with Crippen LogP contribution in [0.2, 0.25) is 0 Å². The molecule has 7 heteroatoms. The van der Waals surface area contributed by atoms with Crippen LogP contribution in [0.4, 0.5) is 5.13 Å². The summed E-state index contributed by atoms with van der Waals surface area (Å²) in [5.74, 6) is -1.29. The average Bonchev–Trinajstić information content (AvgIpc) is 3.15. The normalized spacial score (nSPS) is 15.0. The number of carbonyl (C=O) groups is 2. The van der Waals surface area contributed by atoms with Crippen LogP contribution in [0.1, 0.15) is 34.6 Å². The van der Waals surface area contributed by atoms with Gasteiger partial charge in [0.2, 0.25) is 5.13 Å². The smallest absolute Gasteiger partial charge is 0.204 e. The number of hydrogen-bond donors (Lipinski definition) is 1. The third-order valence-corrected chi connectivity index (χ3v) is 5.92. The summed E-state index contributed by atoms with van der Waals surface area (Å²) in [4.78, 5) is 30.1. The summed E-state index contributed by atoms with van der Waals surface area (Å²) >= 11 is 4.92. The maximum Gasteiger partial charge on any atom is 0.204 e. The number of Topliss-reactive ketones (excluding diaryl/α,β-unsaturated/α-hetero) is 2. The number of rotatable bonds is 4. The Bertz CT molecular complexity index is 1070. The third kappa shape index (κ3) is 3.21. The van der Waals surface area contributed by atoms with Gasteiger partial charge in [-0.15, -0.1) is 0 Å². The molecule has 0 fully saturated rings. The van der Waals surface area contributed by atoms with Crippen LogP contribution in [0.3, 0.4) is 0 Å². The number of hydrazone groups is 1. The van der Waals surface area contributed by atoms with Gasteiger partial charge >= 0.3 is 0 Å². The number of hydrogen-bond acceptors (Lipinski definition) is 6. The van der Waals surface area contributed by atoms with E-state index in [2.05, 4.69) is 31.4 Å². The van der Waals surface area contributed by atoms with Gasteiger partial charge in [-0.25, -0.2) is 4.98 Å². The number of ketones is 2. The van der Waals surface area contributed by atoms with E-state index in [9.17, 15) is 9.59 Å².